The molecule has 1 heterocycles. The molecule has 0 aromatic carbocycles. The van der Waals surface area contributed by atoms with Crippen molar-refractivity contribution in [2.75, 3.05) is 25.0 Å². The monoisotopic (exact) mass is 300 g/mol. The van der Waals surface area contributed by atoms with Crippen molar-refractivity contribution in [3.8, 4) is 0 Å². The van der Waals surface area contributed by atoms with Crippen LogP contribution in [0.15, 0.2) is 23.4 Å². The molecule has 112 valence electrons. The van der Waals surface area contributed by atoms with Crippen LogP contribution in [0, 0.1) is 0 Å². The molecule has 0 aliphatic heterocycles. The molecule has 7 nitrogen and oxygen atoms in total. The van der Waals surface area contributed by atoms with Gasteiger partial charge in [-0.1, -0.05) is 0 Å². The largest absolute Gasteiger partial charge is 0.383 e. The lowest BCUT2D eigenvalue weighted by Gasteiger charge is -2.11. The van der Waals surface area contributed by atoms with Gasteiger partial charge in [0.05, 0.1) is 5.69 Å². The van der Waals surface area contributed by atoms with Crippen molar-refractivity contribution in [1.82, 2.24) is 15.0 Å². The predicted molar refractivity (Wildman–Crippen MR) is 76.9 cm³/mol. The number of aromatic nitrogens is 1. The van der Waals surface area contributed by atoms with Gasteiger partial charge in [0, 0.05) is 32.3 Å². The first-order valence-electron chi connectivity index (χ1n) is 6.46. The van der Waals surface area contributed by atoms with E-state index in [-0.39, 0.29) is 23.9 Å². The van der Waals surface area contributed by atoms with Gasteiger partial charge in [0.15, 0.2) is 5.03 Å². The quantitative estimate of drug-likeness (QED) is 0.642. The Balaban J connectivity index is 2.71. The second-order valence-electron chi connectivity index (χ2n) is 3.99. The molecular formula is C12H20N4O3S. The van der Waals surface area contributed by atoms with Crippen LogP contribution in [0.3, 0.4) is 0 Å². The number of nitrogens with one attached hydrogen (secondary N) is 3. The SMILES string of the molecule is CCNC(=O)CCNS(=O)(=O)c1ncccc1NCC. The molecule has 3 N–H and O–H groups in total. The fourth-order valence-corrected chi connectivity index (χ4v) is 2.72. The van der Waals surface area contributed by atoms with Crippen LogP contribution in [0.5, 0.6) is 0 Å². The number of nitrogens with zero attached hydrogens (tertiary/aromatic N) is 1. The highest BCUT2D eigenvalue weighted by molar-refractivity contribution is 7.89. The van der Waals surface area contributed by atoms with E-state index in [1.54, 1.807) is 19.1 Å². The van der Waals surface area contributed by atoms with Gasteiger partial charge in [0.2, 0.25) is 5.91 Å². The molecule has 1 rings (SSSR count). The average molecular weight is 300 g/mol. The molecule has 20 heavy (non-hydrogen) atoms. The minimum absolute atomic E-state index is 0.0380. The minimum Gasteiger partial charge on any atom is -0.383 e. The van der Waals surface area contributed by atoms with E-state index in [1.165, 1.54) is 6.20 Å². The zero-order valence-corrected chi connectivity index (χ0v) is 12.5. The smallest absolute Gasteiger partial charge is 0.260 e. The van der Waals surface area contributed by atoms with Gasteiger partial charge in [0.25, 0.3) is 10.0 Å². The third-order valence-electron chi connectivity index (χ3n) is 2.41. The van der Waals surface area contributed by atoms with Crippen molar-refractivity contribution < 1.29 is 13.2 Å². The van der Waals surface area contributed by atoms with Crippen molar-refractivity contribution in [2.45, 2.75) is 25.3 Å². The molecule has 1 aromatic heterocycles. The van der Waals surface area contributed by atoms with Crippen molar-refractivity contribution in [3.63, 3.8) is 0 Å². The normalized spacial score (nSPS) is 11.1. The van der Waals surface area contributed by atoms with Crippen LogP contribution >= 0.6 is 0 Å². The van der Waals surface area contributed by atoms with Crippen LogP contribution in [0.1, 0.15) is 20.3 Å². The Morgan fingerprint density at radius 2 is 2.05 bits per heavy atom. The van der Waals surface area contributed by atoms with E-state index in [1.807, 2.05) is 6.92 Å². The Labute approximate surface area is 119 Å². The highest BCUT2D eigenvalue weighted by Gasteiger charge is 2.19. The third-order valence-corrected chi connectivity index (χ3v) is 3.83. The fraction of sp³-hybridized carbons (Fsp3) is 0.500. The number of rotatable bonds is 8. The van der Waals surface area contributed by atoms with E-state index in [2.05, 4.69) is 20.3 Å². The number of hydrogen-bond donors (Lipinski definition) is 3. The van der Waals surface area contributed by atoms with E-state index >= 15 is 0 Å². The molecule has 1 aromatic rings. The van der Waals surface area contributed by atoms with Gasteiger partial charge in [0.1, 0.15) is 0 Å². The molecule has 0 saturated heterocycles. The Hall–Kier alpha value is -1.67. The van der Waals surface area contributed by atoms with E-state index in [4.69, 9.17) is 0 Å². The summed E-state index contributed by atoms with van der Waals surface area (Å²) >= 11 is 0. The summed E-state index contributed by atoms with van der Waals surface area (Å²) in [4.78, 5) is 15.2. The maximum atomic E-state index is 12.1. The van der Waals surface area contributed by atoms with Crippen LogP contribution in [-0.4, -0.2) is 38.9 Å². The number of carbonyl (C=O) groups excluding carboxylic acids is 1. The molecule has 0 aliphatic rings. The zero-order valence-electron chi connectivity index (χ0n) is 11.6. The summed E-state index contributed by atoms with van der Waals surface area (Å²) in [5.41, 5.74) is 0.445. The number of sulfonamides is 1. The summed E-state index contributed by atoms with van der Waals surface area (Å²) in [7, 11) is -3.73. The number of carbonyl (C=O) groups is 1. The molecule has 0 spiro atoms. The molecule has 0 bridgehead atoms. The fourth-order valence-electron chi connectivity index (χ4n) is 1.58. The molecule has 0 aliphatic carbocycles. The summed E-state index contributed by atoms with van der Waals surface area (Å²) < 4.78 is 26.6. The molecule has 8 heteroatoms. The third kappa shape index (κ3) is 4.78. The minimum atomic E-state index is -3.73. The molecule has 1 amide bonds. The Kier molecular flexibility index (Phi) is 6.40. The second-order valence-corrected chi connectivity index (χ2v) is 5.67. The maximum absolute atomic E-state index is 12.1. The molecule has 0 unspecified atom stereocenters. The lowest BCUT2D eigenvalue weighted by atomic mass is 10.4. The lowest BCUT2D eigenvalue weighted by Crippen LogP contribution is -2.31. The van der Waals surface area contributed by atoms with E-state index in [0.717, 1.165) is 0 Å². The van der Waals surface area contributed by atoms with Gasteiger partial charge in [-0.05, 0) is 26.0 Å². The van der Waals surface area contributed by atoms with E-state index in [0.29, 0.717) is 18.8 Å². The summed E-state index contributed by atoms with van der Waals surface area (Å²) in [6.45, 7) is 4.82. The first-order chi connectivity index (χ1) is 9.51. The Morgan fingerprint density at radius 1 is 1.30 bits per heavy atom. The number of pyridine rings is 1. The van der Waals surface area contributed by atoms with Crippen molar-refractivity contribution in [3.05, 3.63) is 18.3 Å². The van der Waals surface area contributed by atoms with E-state index < -0.39 is 10.0 Å². The summed E-state index contributed by atoms with van der Waals surface area (Å²) in [5.74, 6) is -0.192. The van der Waals surface area contributed by atoms with Crippen LogP contribution in [0.25, 0.3) is 0 Å². The van der Waals surface area contributed by atoms with Gasteiger partial charge in [-0.3, -0.25) is 4.79 Å². The molecule has 0 atom stereocenters. The molecule has 0 radical (unpaired) electrons. The van der Waals surface area contributed by atoms with Crippen molar-refractivity contribution in [1.29, 1.82) is 0 Å². The number of anilines is 1. The van der Waals surface area contributed by atoms with Gasteiger partial charge in [-0.25, -0.2) is 18.1 Å². The average Bonchev–Trinajstić information content (AvgIpc) is 2.39. The number of hydrogen-bond acceptors (Lipinski definition) is 5. The highest BCUT2D eigenvalue weighted by atomic mass is 32.2. The zero-order chi connectivity index (χ0) is 15.0. The molecular weight excluding hydrogens is 280 g/mol. The first-order valence-corrected chi connectivity index (χ1v) is 7.94. The maximum Gasteiger partial charge on any atom is 0.260 e. The predicted octanol–water partition coefficient (Wildman–Crippen LogP) is 0.318. The van der Waals surface area contributed by atoms with Gasteiger partial charge < -0.3 is 10.6 Å². The van der Waals surface area contributed by atoms with Crippen LogP contribution in [0.2, 0.25) is 0 Å². The standard InChI is InChI=1S/C12H20N4O3S/c1-3-13-10-6-5-8-15-12(10)20(18,19)16-9-7-11(17)14-4-2/h5-6,8,13,16H,3-4,7,9H2,1-2H3,(H,14,17). The summed E-state index contributed by atoms with van der Waals surface area (Å²) in [5, 5.41) is 5.48. The van der Waals surface area contributed by atoms with Crippen LogP contribution in [-0.2, 0) is 14.8 Å². The molecule has 0 fully saturated rings. The van der Waals surface area contributed by atoms with Gasteiger partial charge in [-0.15, -0.1) is 0 Å². The van der Waals surface area contributed by atoms with Crippen molar-refractivity contribution in [2.24, 2.45) is 0 Å². The summed E-state index contributed by atoms with van der Waals surface area (Å²) in [6, 6.07) is 3.31. The van der Waals surface area contributed by atoms with Gasteiger partial charge >= 0.3 is 0 Å². The lowest BCUT2D eigenvalue weighted by molar-refractivity contribution is -0.120. The van der Waals surface area contributed by atoms with Crippen molar-refractivity contribution >= 4 is 21.6 Å². The van der Waals surface area contributed by atoms with Crippen LogP contribution in [0.4, 0.5) is 5.69 Å². The van der Waals surface area contributed by atoms with Gasteiger partial charge in [-0.2, -0.15) is 0 Å². The Bertz CT molecular complexity index is 545. The number of amides is 1. The first kappa shape index (κ1) is 16.4. The van der Waals surface area contributed by atoms with E-state index in [9.17, 15) is 13.2 Å². The summed E-state index contributed by atoms with van der Waals surface area (Å²) in [6.07, 6.45) is 1.51. The second kappa shape index (κ2) is 7.81. The Morgan fingerprint density at radius 3 is 2.70 bits per heavy atom. The van der Waals surface area contributed by atoms with Crippen LogP contribution < -0.4 is 15.4 Å². The molecule has 0 saturated carbocycles. The highest BCUT2D eigenvalue weighted by Crippen LogP contribution is 2.17. The topological polar surface area (TPSA) is 100 Å².